The minimum absolute atomic E-state index is 0. The topological polar surface area (TPSA) is 64.1 Å². The fourth-order valence-corrected chi connectivity index (χ4v) is 2.66. The van der Waals surface area contributed by atoms with Gasteiger partial charge in [-0.2, -0.15) is 0 Å². The number of hydrogen-bond acceptors (Lipinski definition) is 4. The van der Waals surface area contributed by atoms with Crippen molar-refractivity contribution in [2.75, 3.05) is 39.2 Å². The number of halogens is 1. The number of benzene rings is 2. The SMILES string of the molecule is CCOc1ccccc1CCNC(=NC)Nc1ccc(OC)c(OCC)c1.I. The van der Waals surface area contributed by atoms with Gasteiger partial charge < -0.3 is 24.8 Å². The number of nitrogens with one attached hydrogen (secondary N) is 2. The first-order chi connectivity index (χ1) is 13.2. The maximum Gasteiger partial charge on any atom is 0.195 e. The zero-order valence-corrected chi connectivity index (χ0v) is 19.3. The van der Waals surface area contributed by atoms with Gasteiger partial charge in [-0.05, 0) is 44.0 Å². The molecular weight excluding hydrogens is 469 g/mol. The zero-order valence-electron chi connectivity index (χ0n) is 17.0. The van der Waals surface area contributed by atoms with Crippen molar-refractivity contribution in [2.45, 2.75) is 20.3 Å². The highest BCUT2D eigenvalue weighted by Gasteiger charge is 2.07. The van der Waals surface area contributed by atoms with E-state index in [1.807, 2.05) is 50.2 Å². The molecule has 6 nitrogen and oxygen atoms in total. The second kappa shape index (κ2) is 13.1. The van der Waals surface area contributed by atoms with Gasteiger partial charge in [0.05, 0.1) is 20.3 Å². The molecule has 0 spiro atoms. The molecule has 0 heterocycles. The average molecular weight is 499 g/mol. The molecule has 0 saturated heterocycles. The van der Waals surface area contributed by atoms with E-state index >= 15 is 0 Å². The molecular formula is C21H30IN3O3. The number of hydrogen-bond donors (Lipinski definition) is 2. The van der Waals surface area contributed by atoms with Crippen LogP contribution < -0.4 is 24.8 Å². The van der Waals surface area contributed by atoms with Crippen LogP contribution in [0.1, 0.15) is 19.4 Å². The third-order valence-corrected chi connectivity index (χ3v) is 3.91. The number of guanidine groups is 1. The van der Waals surface area contributed by atoms with Gasteiger partial charge in [0.15, 0.2) is 17.5 Å². The molecule has 2 N–H and O–H groups in total. The molecule has 0 aliphatic rings. The largest absolute Gasteiger partial charge is 0.494 e. The van der Waals surface area contributed by atoms with E-state index in [2.05, 4.69) is 21.7 Å². The molecule has 0 amide bonds. The molecule has 0 aliphatic carbocycles. The Morgan fingerprint density at radius 3 is 2.36 bits per heavy atom. The van der Waals surface area contributed by atoms with Crippen LogP contribution >= 0.6 is 24.0 Å². The van der Waals surface area contributed by atoms with Crippen molar-refractivity contribution in [1.82, 2.24) is 5.32 Å². The number of ether oxygens (including phenoxy) is 3. The number of para-hydroxylation sites is 1. The van der Waals surface area contributed by atoms with E-state index in [0.29, 0.717) is 30.7 Å². The molecule has 2 aromatic carbocycles. The van der Waals surface area contributed by atoms with Gasteiger partial charge in [-0.3, -0.25) is 4.99 Å². The normalized spacial score (nSPS) is 10.6. The van der Waals surface area contributed by atoms with Crippen molar-refractivity contribution in [3.8, 4) is 17.2 Å². The summed E-state index contributed by atoms with van der Waals surface area (Å²) < 4.78 is 16.6. The molecule has 0 bridgehead atoms. The van der Waals surface area contributed by atoms with Crippen molar-refractivity contribution in [1.29, 1.82) is 0 Å². The van der Waals surface area contributed by atoms with Crippen LogP contribution in [0.25, 0.3) is 0 Å². The quantitative estimate of drug-likeness (QED) is 0.306. The zero-order chi connectivity index (χ0) is 19.5. The lowest BCUT2D eigenvalue weighted by molar-refractivity contribution is 0.311. The van der Waals surface area contributed by atoms with E-state index in [1.54, 1.807) is 14.2 Å². The van der Waals surface area contributed by atoms with E-state index in [0.717, 1.165) is 24.4 Å². The molecule has 0 atom stereocenters. The van der Waals surface area contributed by atoms with E-state index in [9.17, 15) is 0 Å². The molecule has 2 rings (SSSR count). The molecule has 28 heavy (non-hydrogen) atoms. The summed E-state index contributed by atoms with van der Waals surface area (Å²) in [6.45, 7) is 5.91. The molecule has 154 valence electrons. The first kappa shape index (κ1) is 23.9. The average Bonchev–Trinajstić information content (AvgIpc) is 2.69. The summed E-state index contributed by atoms with van der Waals surface area (Å²) in [5.74, 6) is 3.03. The summed E-state index contributed by atoms with van der Waals surface area (Å²) in [6, 6.07) is 13.8. The first-order valence-electron chi connectivity index (χ1n) is 9.21. The summed E-state index contributed by atoms with van der Waals surface area (Å²) in [6.07, 6.45) is 0.837. The van der Waals surface area contributed by atoms with Gasteiger partial charge in [-0.1, -0.05) is 18.2 Å². The lowest BCUT2D eigenvalue weighted by atomic mass is 10.1. The van der Waals surface area contributed by atoms with Crippen molar-refractivity contribution in [2.24, 2.45) is 4.99 Å². The number of nitrogens with zero attached hydrogens (tertiary/aromatic N) is 1. The van der Waals surface area contributed by atoms with Crippen LogP contribution in [-0.2, 0) is 6.42 Å². The predicted octanol–water partition coefficient (Wildman–Crippen LogP) is 4.34. The highest BCUT2D eigenvalue weighted by molar-refractivity contribution is 14.0. The lowest BCUT2D eigenvalue weighted by Gasteiger charge is -2.15. The second-order valence-corrected chi connectivity index (χ2v) is 5.71. The Morgan fingerprint density at radius 2 is 1.68 bits per heavy atom. The van der Waals surface area contributed by atoms with Gasteiger partial charge in [-0.25, -0.2) is 0 Å². The van der Waals surface area contributed by atoms with Gasteiger partial charge in [0.2, 0.25) is 0 Å². The standard InChI is InChI=1S/C21H29N3O3.HI/c1-5-26-18-10-8-7-9-16(18)13-14-23-21(22-3)24-17-11-12-19(25-4)20(15-17)27-6-2;/h7-12,15H,5-6,13-14H2,1-4H3,(H2,22,23,24);1H. The monoisotopic (exact) mass is 499 g/mol. The van der Waals surface area contributed by atoms with Gasteiger partial charge in [0.1, 0.15) is 5.75 Å². The fraction of sp³-hybridized carbons (Fsp3) is 0.381. The Labute approximate surface area is 184 Å². The third-order valence-electron chi connectivity index (χ3n) is 3.91. The van der Waals surface area contributed by atoms with Crippen molar-refractivity contribution in [3.63, 3.8) is 0 Å². The number of aliphatic imine (C=N–C) groups is 1. The summed E-state index contributed by atoms with van der Waals surface area (Å²) in [5, 5.41) is 6.60. The van der Waals surface area contributed by atoms with Crippen LogP contribution in [0.3, 0.4) is 0 Å². The molecule has 0 unspecified atom stereocenters. The molecule has 0 aliphatic heterocycles. The Kier molecular flexibility index (Phi) is 11.2. The Bertz CT molecular complexity index is 753. The van der Waals surface area contributed by atoms with Gasteiger partial charge in [0.25, 0.3) is 0 Å². The summed E-state index contributed by atoms with van der Waals surface area (Å²) in [4.78, 5) is 4.28. The summed E-state index contributed by atoms with van der Waals surface area (Å²) in [7, 11) is 3.38. The van der Waals surface area contributed by atoms with Crippen LogP contribution in [0.2, 0.25) is 0 Å². The first-order valence-corrected chi connectivity index (χ1v) is 9.21. The van der Waals surface area contributed by atoms with Gasteiger partial charge in [-0.15, -0.1) is 24.0 Å². The van der Waals surface area contributed by atoms with E-state index < -0.39 is 0 Å². The van der Waals surface area contributed by atoms with Crippen LogP contribution in [0.4, 0.5) is 5.69 Å². The maximum absolute atomic E-state index is 5.68. The molecule has 0 radical (unpaired) electrons. The second-order valence-electron chi connectivity index (χ2n) is 5.71. The molecule has 2 aromatic rings. The van der Waals surface area contributed by atoms with Crippen LogP contribution in [-0.4, -0.2) is 39.9 Å². The molecule has 0 aromatic heterocycles. The van der Waals surface area contributed by atoms with E-state index in [1.165, 1.54) is 5.56 Å². The van der Waals surface area contributed by atoms with Crippen LogP contribution in [0, 0.1) is 0 Å². The third kappa shape index (κ3) is 7.10. The van der Waals surface area contributed by atoms with Gasteiger partial charge in [0, 0.05) is 25.3 Å². The van der Waals surface area contributed by atoms with E-state index in [4.69, 9.17) is 14.2 Å². The minimum atomic E-state index is 0. The van der Waals surface area contributed by atoms with E-state index in [-0.39, 0.29) is 24.0 Å². The molecule has 7 heteroatoms. The Morgan fingerprint density at radius 1 is 0.964 bits per heavy atom. The summed E-state index contributed by atoms with van der Waals surface area (Å²) >= 11 is 0. The Balaban J connectivity index is 0.00000392. The van der Waals surface area contributed by atoms with Crippen LogP contribution in [0.15, 0.2) is 47.5 Å². The lowest BCUT2D eigenvalue weighted by Crippen LogP contribution is -2.32. The maximum atomic E-state index is 5.68. The molecule has 0 fully saturated rings. The predicted molar refractivity (Wildman–Crippen MR) is 126 cm³/mol. The number of rotatable bonds is 9. The Hall–Kier alpha value is -2.16. The highest BCUT2D eigenvalue weighted by atomic mass is 127. The fourth-order valence-electron chi connectivity index (χ4n) is 2.66. The highest BCUT2D eigenvalue weighted by Crippen LogP contribution is 2.30. The number of methoxy groups -OCH3 is 1. The molecule has 0 saturated carbocycles. The van der Waals surface area contributed by atoms with Crippen molar-refractivity contribution >= 4 is 35.6 Å². The smallest absolute Gasteiger partial charge is 0.195 e. The number of anilines is 1. The minimum Gasteiger partial charge on any atom is -0.494 e. The summed E-state index contributed by atoms with van der Waals surface area (Å²) in [5.41, 5.74) is 2.05. The van der Waals surface area contributed by atoms with Crippen molar-refractivity contribution in [3.05, 3.63) is 48.0 Å². The van der Waals surface area contributed by atoms with Gasteiger partial charge >= 0.3 is 0 Å². The van der Waals surface area contributed by atoms with Crippen LogP contribution in [0.5, 0.6) is 17.2 Å². The van der Waals surface area contributed by atoms with Crippen molar-refractivity contribution < 1.29 is 14.2 Å².